The first-order valence-corrected chi connectivity index (χ1v) is 5.61. The van der Waals surface area contributed by atoms with E-state index in [1.807, 2.05) is 19.3 Å². The third-order valence-corrected chi connectivity index (χ3v) is 2.70. The highest BCUT2D eigenvalue weighted by Crippen LogP contribution is 2.10. The second-order valence-electron chi connectivity index (χ2n) is 4.28. The van der Waals surface area contributed by atoms with E-state index in [0.29, 0.717) is 18.4 Å². The van der Waals surface area contributed by atoms with E-state index in [1.54, 1.807) is 23.0 Å². The van der Waals surface area contributed by atoms with Gasteiger partial charge in [-0.3, -0.25) is 4.68 Å². The summed E-state index contributed by atoms with van der Waals surface area (Å²) in [6.45, 7) is 0. The van der Waals surface area contributed by atoms with Crippen molar-refractivity contribution in [1.29, 1.82) is 0 Å². The van der Waals surface area contributed by atoms with Crippen molar-refractivity contribution in [3.63, 3.8) is 0 Å². The van der Waals surface area contributed by atoms with E-state index in [0.717, 1.165) is 5.56 Å². The van der Waals surface area contributed by atoms with E-state index in [-0.39, 0.29) is 11.9 Å². The van der Waals surface area contributed by atoms with Gasteiger partial charge in [-0.15, -0.1) is 0 Å². The third kappa shape index (κ3) is 3.14. The largest absolute Gasteiger partial charge is 0.327 e. The number of hydrogen-bond acceptors (Lipinski definition) is 2. The van der Waals surface area contributed by atoms with Crippen LogP contribution in [0.4, 0.5) is 4.39 Å². The zero-order valence-electron chi connectivity index (χ0n) is 9.81. The summed E-state index contributed by atoms with van der Waals surface area (Å²) < 4.78 is 15.2. The summed E-state index contributed by atoms with van der Waals surface area (Å²) in [6.07, 6.45) is 4.98. The molecule has 1 aromatic carbocycles. The van der Waals surface area contributed by atoms with E-state index in [9.17, 15) is 4.39 Å². The molecule has 3 nitrogen and oxygen atoms in total. The standard InChI is InChI=1S/C13H16FN3/c1-17-9-10(8-16-17)6-12(15)7-11-4-2-3-5-13(11)14/h2-5,8-9,12H,6-7,15H2,1H3. The first-order chi connectivity index (χ1) is 8.15. The zero-order valence-corrected chi connectivity index (χ0v) is 9.81. The van der Waals surface area contributed by atoms with Crippen LogP contribution in [0.5, 0.6) is 0 Å². The number of rotatable bonds is 4. The first-order valence-electron chi connectivity index (χ1n) is 5.61. The molecule has 0 aliphatic carbocycles. The van der Waals surface area contributed by atoms with Gasteiger partial charge in [-0.1, -0.05) is 18.2 Å². The fourth-order valence-corrected chi connectivity index (χ4v) is 1.90. The van der Waals surface area contributed by atoms with Crippen molar-refractivity contribution in [2.75, 3.05) is 0 Å². The minimum Gasteiger partial charge on any atom is -0.327 e. The molecule has 0 aliphatic rings. The van der Waals surface area contributed by atoms with Crippen LogP contribution in [-0.4, -0.2) is 15.8 Å². The summed E-state index contributed by atoms with van der Waals surface area (Å²) in [5, 5.41) is 4.08. The monoisotopic (exact) mass is 233 g/mol. The number of halogens is 1. The summed E-state index contributed by atoms with van der Waals surface area (Å²) in [7, 11) is 1.87. The Bertz CT molecular complexity index is 493. The van der Waals surface area contributed by atoms with Gasteiger partial charge in [-0.05, 0) is 30.0 Å². The topological polar surface area (TPSA) is 43.8 Å². The summed E-state index contributed by atoms with van der Waals surface area (Å²) in [6, 6.07) is 6.67. The maximum Gasteiger partial charge on any atom is 0.126 e. The molecule has 0 fully saturated rings. The van der Waals surface area contributed by atoms with Crippen molar-refractivity contribution in [2.24, 2.45) is 12.8 Å². The molecule has 0 aliphatic heterocycles. The van der Waals surface area contributed by atoms with E-state index in [2.05, 4.69) is 5.10 Å². The summed E-state index contributed by atoms with van der Waals surface area (Å²) in [5.74, 6) is -0.186. The van der Waals surface area contributed by atoms with Crippen LogP contribution in [0.15, 0.2) is 36.7 Å². The Morgan fingerprint density at radius 1 is 1.35 bits per heavy atom. The molecule has 4 heteroatoms. The molecule has 0 saturated heterocycles. The maximum absolute atomic E-state index is 13.4. The molecule has 90 valence electrons. The molecule has 0 saturated carbocycles. The van der Waals surface area contributed by atoms with Gasteiger partial charge in [0.25, 0.3) is 0 Å². The Kier molecular flexibility index (Phi) is 3.54. The van der Waals surface area contributed by atoms with Gasteiger partial charge in [-0.2, -0.15) is 5.10 Å². The predicted molar refractivity (Wildman–Crippen MR) is 65.0 cm³/mol. The zero-order chi connectivity index (χ0) is 12.3. The van der Waals surface area contributed by atoms with Crippen molar-refractivity contribution < 1.29 is 4.39 Å². The summed E-state index contributed by atoms with van der Waals surface area (Å²) in [5.41, 5.74) is 7.76. The molecule has 1 unspecified atom stereocenters. The molecule has 1 heterocycles. The molecule has 0 bridgehead atoms. The van der Waals surface area contributed by atoms with Crippen molar-refractivity contribution in [3.05, 3.63) is 53.6 Å². The number of nitrogens with two attached hydrogens (primary N) is 1. The molecule has 1 atom stereocenters. The van der Waals surface area contributed by atoms with Crippen molar-refractivity contribution >= 4 is 0 Å². The van der Waals surface area contributed by atoms with E-state index >= 15 is 0 Å². The highest BCUT2D eigenvalue weighted by atomic mass is 19.1. The van der Waals surface area contributed by atoms with Crippen LogP contribution in [0.25, 0.3) is 0 Å². The normalized spacial score (nSPS) is 12.6. The SMILES string of the molecule is Cn1cc(CC(N)Cc2ccccc2F)cn1. The fourth-order valence-electron chi connectivity index (χ4n) is 1.90. The Labute approximate surface area is 100 Å². The van der Waals surface area contributed by atoms with E-state index < -0.39 is 0 Å². The quantitative estimate of drug-likeness (QED) is 0.873. The van der Waals surface area contributed by atoms with Crippen LogP contribution in [0.2, 0.25) is 0 Å². The molecule has 2 rings (SSSR count). The predicted octanol–water partition coefficient (Wildman–Crippen LogP) is 1.67. The number of hydrogen-bond donors (Lipinski definition) is 1. The van der Waals surface area contributed by atoms with E-state index in [1.165, 1.54) is 6.07 Å². The minimum atomic E-state index is -0.186. The van der Waals surface area contributed by atoms with Crippen LogP contribution >= 0.6 is 0 Å². The second-order valence-corrected chi connectivity index (χ2v) is 4.28. The summed E-state index contributed by atoms with van der Waals surface area (Å²) in [4.78, 5) is 0. The van der Waals surface area contributed by atoms with E-state index in [4.69, 9.17) is 5.73 Å². The molecule has 17 heavy (non-hydrogen) atoms. The molecule has 2 N–H and O–H groups in total. The summed E-state index contributed by atoms with van der Waals surface area (Å²) >= 11 is 0. The van der Waals surface area contributed by atoms with Gasteiger partial charge < -0.3 is 5.73 Å². The third-order valence-electron chi connectivity index (χ3n) is 2.70. The molecule has 0 spiro atoms. The Hall–Kier alpha value is -1.68. The highest BCUT2D eigenvalue weighted by molar-refractivity contribution is 5.19. The van der Waals surface area contributed by atoms with Crippen LogP contribution in [0, 0.1) is 5.82 Å². The number of aromatic nitrogens is 2. The minimum absolute atomic E-state index is 0.0869. The smallest absolute Gasteiger partial charge is 0.126 e. The average molecular weight is 233 g/mol. The maximum atomic E-state index is 13.4. The molecule has 1 aromatic heterocycles. The Morgan fingerprint density at radius 2 is 2.12 bits per heavy atom. The molecule has 0 amide bonds. The van der Waals surface area contributed by atoms with Crippen molar-refractivity contribution in [2.45, 2.75) is 18.9 Å². The van der Waals surface area contributed by atoms with Gasteiger partial charge in [0, 0.05) is 19.3 Å². The number of nitrogens with zero attached hydrogens (tertiary/aromatic N) is 2. The van der Waals surface area contributed by atoms with Gasteiger partial charge in [0.15, 0.2) is 0 Å². The van der Waals surface area contributed by atoms with Crippen LogP contribution in [0.3, 0.4) is 0 Å². The molecular formula is C13H16FN3. The Balaban J connectivity index is 1.98. The average Bonchev–Trinajstić information content (AvgIpc) is 2.67. The van der Waals surface area contributed by atoms with Gasteiger partial charge in [-0.25, -0.2) is 4.39 Å². The van der Waals surface area contributed by atoms with Crippen LogP contribution in [-0.2, 0) is 19.9 Å². The van der Waals surface area contributed by atoms with Crippen molar-refractivity contribution in [1.82, 2.24) is 9.78 Å². The van der Waals surface area contributed by atoms with Crippen LogP contribution in [0.1, 0.15) is 11.1 Å². The fraction of sp³-hybridized carbons (Fsp3) is 0.308. The number of aryl methyl sites for hydroxylation is 1. The van der Waals surface area contributed by atoms with Crippen molar-refractivity contribution in [3.8, 4) is 0 Å². The van der Waals surface area contributed by atoms with Gasteiger partial charge in [0.05, 0.1) is 6.20 Å². The first kappa shape index (κ1) is 11.8. The molecular weight excluding hydrogens is 217 g/mol. The highest BCUT2D eigenvalue weighted by Gasteiger charge is 2.09. The lowest BCUT2D eigenvalue weighted by atomic mass is 10.0. The lowest BCUT2D eigenvalue weighted by Crippen LogP contribution is -2.25. The van der Waals surface area contributed by atoms with Gasteiger partial charge in [0.2, 0.25) is 0 Å². The van der Waals surface area contributed by atoms with Crippen LogP contribution < -0.4 is 5.73 Å². The lowest BCUT2D eigenvalue weighted by Gasteiger charge is -2.10. The lowest BCUT2D eigenvalue weighted by molar-refractivity contribution is 0.584. The van der Waals surface area contributed by atoms with Gasteiger partial charge in [0.1, 0.15) is 5.82 Å². The van der Waals surface area contributed by atoms with Gasteiger partial charge >= 0.3 is 0 Å². The Morgan fingerprint density at radius 3 is 2.76 bits per heavy atom. The molecule has 2 aromatic rings. The molecule has 0 radical (unpaired) electrons. The number of benzene rings is 1. The second kappa shape index (κ2) is 5.10.